The molecule has 0 aromatic carbocycles. The second-order valence-corrected chi connectivity index (χ2v) is 5.61. The normalized spacial score (nSPS) is 10.7. The molecule has 0 amide bonds. The number of hydrogen-bond donors (Lipinski definition) is 1. The van der Waals surface area contributed by atoms with Gasteiger partial charge in [-0.3, -0.25) is 6.54 Å². The van der Waals surface area contributed by atoms with Crippen LogP contribution in [0.15, 0.2) is 12.2 Å². The van der Waals surface area contributed by atoms with Crippen molar-refractivity contribution in [1.82, 2.24) is 0 Å². The number of unbranched alkanes of at least 4 members (excludes halogenated alkanes) is 12. The summed E-state index contributed by atoms with van der Waals surface area (Å²) in [6.07, 6.45) is 23.6. The molecule has 0 aliphatic rings. The molecule has 0 aromatic rings. The topological polar surface area (TPSA) is 26.0 Å². The van der Waals surface area contributed by atoms with Gasteiger partial charge in [0.05, 0.1) is 0 Å². The molecule has 0 aliphatic heterocycles. The summed E-state index contributed by atoms with van der Waals surface area (Å²) in [5.41, 5.74) is 5.35. The van der Waals surface area contributed by atoms with E-state index in [0.29, 0.717) is 0 Å². The summed E-state index contributed by atoms with van der Waals surface area (Å²) < 4.78 is 0. The Morgan fingerprint density at radius 3 is 1.67 bits per heavy atom. The summed E-state index contributed by atoms with van der Waals surface area (Å²) in [5, 5.41) is 0. The standard InChI is InChI=1S/C18H36N.Au.ClH/c1-2-3-4-5-6-7-8-9-10-11-12-13-14-15-16-17-18-19;;/h9-10,18H,2-8,11-17,19H2,1H3;;1H/q-1;+1;/p-1/b10-9-;;. The van der Waals surface area contributed by atoms with Crippen molar-refractivity contribution < 1.29 is 20.0 Å². The molecule has 0 unspecified atom stereocenters. The summed E-state index contributed by atoms with van der Waals surface area (Å²) in [5.74, 6) is 0. The van der Waals surface area contributed by atoms with Gasteiger partial charge in [0.25, 0.3) is 0 Å². The third kappa shape index (κ3) is 26.0. The molecule has 0 radical (unpaired) electrons. The van der Waals surface area contributed by atoms with Crippen LogP contribution in [0.25, 0.3) is 0 Å². The van der Waals surface area contributed by atoms with E-state index in [1.165, 1.54) is 83.5 Å². The number of rotatable bonds is 15. The van der Waals surface area contributed by atoms with E-state index in [-0.39, 0.29) is 0 Å². The van der Waals surface area contributed by atoms with E-state index < -0.39 is 0 Å². The Bertz CT molecular complexity index is 186. The van der Waals surface area contributed by atoms with E-state index in [2.05, 4.69) is 28.3 Å². The van der Waals surface area contributed by atoms with E-state index in [1.807, 2.05) is 0 Å². The van der Waals surface area contributed by atoms with Gasteiger partial charge in [0.15, 0.2) is 0 Å². The zero-order valence-electron chi connectivity index (χ0n) is 13.9. The second-order valence-electron chi connectivity index (χ2n) is 5.61. The van der Waals surface area contributed by atoms with Crippen molar-refractivity contribution in [3.8, 4) is 0 Å². The summed E-state index contributed by atoms with van der Waals surface area (Å²) in [4.78, 5) is 0. The summed E-state index contributed by atoms with van der Waals surface area (Å²) >= 11 is 1.75. The van der Waals surface area contributed by atoms with Gasteiger partial charge in [0, 0.05) is 0 Å². The van der Waals surface area contributed by atoms with Gasteiger partial charge in [-0.2, -0.15) is 6.42 Å². The van der Waals surface area contributed by atoms with Crippen LogP contribution >= 0.6 is 9.19 Å². The Kier molecular flexibility index (Phi) is 29.3. The minimum atomic E-state index is 1.08. The fourth-order valence-electron chi connectivity index (χ4n) is 2.33. The average Bonchev–Trinajstić information content (AvgIpc) is 2.53. The maximum atomic E-state index is 5.35. The molecule has 3 heteroatoms. The summed E-state index contributed by atoms with van der Waals surface area (Å²) in [6.45, 7) is 4.06. The Balaban J connectivity index is 0. The summed E-state index contributed by atoms with van der Waals surface area (Å²) in [6, 6.07) is 0. The van der Waals surface area contributed by atoms with Gasteiger partial charge in [0.2, 0.25) is 0 Å². The van der Waals surface area contributed by atoms with Gasteiger partial charge in [-0.25, -0.2) is 0 Å². The molecule has 0 fully saturated rings. The molecule has 0 bridgehead atoms. The van der Waals surface area contributed by atoms with Crippen molar-refractivity contribution in [1.29, 1.82) is 0 Å². The molecular formula is C18H36AuClN-. The molecule has 21 heavy (non-hydrogen) atoms. The zero-order chi connectivity index (χ0) is 16.0. The molecule has 0 saturated heterocycles. The fourth-order valence-corrected chi connectivity index (χ4v) is 2.33. The molecule has 0 aliphatic carbocycles. The van der Waals surface area contributed by atoms with E-state index in [0.717, 1.165) is 6.42 Å². The molecular weight excluding hydrogens is 463 g/mol. The predicted octanol–water partition coefficient (Wildman–Crippen LogP) is 6.83. The maximum absolute atomic E-state index is 5.35. The average molecular weight is 499 g/mol. The van der Waals surface area contributed by atoms with E-state index in [4.69, 9.17) is 5.73 Å². The van der Waals surface area contributed by atoms with Crippen molar-refractivity contribution in [2.45, 2.75) is 96.8 Å². The molecule has 0 heterocycles. The van der Waals surface area contributed by atoms with Gasteiger partial charge in [0.1, 0.15) is 0 Å². The van der Waals surface area contributed by atoms with Crippen LogP contribution < -0.4 is 5.73 Å². The molecule has 0 saturated carbocycles. The van der Waals surface area contributed by atoms with Crippen LogP contribution in [0, 0.1) is 6.54 Å². The van der Waals surface area contributed by atoms with Crippen LogP contribution in [0.5, 0.6) is 0 Å². The number of nitrogens with two attached hydrogens (primary N) is 1. The van der Waals surface area contributed by atoms with Crippen LogP contribution in [0.2, 0.25) is 0 Å². The molecule has 0 atom stereocenters. The SMILES string of the molecule is CCCCCCCC/C=C\CCCCCCC[CH-]N.[Cl][Au]. The molecule has 132 valence electrons. The van der Waals surface area contributed by atoms with Gasteiger partial charge >= 0.3 is 29.2 Å². The molecule has 1 nitrogen and oxygen atoms in total. The quantitative estimate of drug-likeness (QED) is 0.114. The first kappa shape index (κ1) is 24.0. The third-order valence-corrected chi connectivity index (χ3v) is 3.63. The van der Waals surface area contributed by atoms with E-state index in [1.54, 1.807) is 26.5 Å². The Hall–Kier alpha value is 0.730. The van der Waals surface area contributed by atoms with Crippen LogP contribution in [-0.2, 0) is 20.0 Å². The number of hydrogen-bond acceptors (Lipinski definition) is 1. The summed E-state index contributed by atoms with van der Waals surface area (Å²) in [7, 11) is 4.58. The monoisotopic (exact) mass is 498 g/mol. The van der Waals surface area contributed by atoms with Crippen LogP contribution in [0.3, 0.4) is 0 Å². The number of allylic oxidation sites excluding steroid dienone is 2. The fraction of sp³-hybridized carbons (Fsp3) is 0.833. The molecule has 2 N–H and O–H groups in total. The first-order chi connectivity index (χ1) is 10.4. The van der Waals surface area contributed by atoms with Gasteiger partial charge in [-0.1, -0.05) is 76.9 Å². The zero-order valence-corrected chi connectivity index (χ0v) is 16.8. The molecule has 0 aromatic heterocycles. The van der Waals surface area contributed by atoms with Crippen LogP contribution in [0.1, 0.15) is 96.8 Å². The first-order valence-corrected chi connectivity index (χ1v) is 11.4. The van der Waals surface area contributed by atoms with Gasteiger partial charge in [-0.15, -0.1) is 0 Å². The van der Waals surface area contributed by atoms with Crippen molar-refractivity contribution in [2.75, 3.05) is 0 Å². The van der Waals surface area contributed by atoms with Gasteiger partial charge in [-0.05, 0) is 25.7 Å². The van der Waals surface area contributed by atoms with Crippen molar-refractivity contribution in [3.05, 3.63) is 18.7 Å². The molecule has 0 rings (SSSR count). The van der Waals surface area contributed by atoms with Crippen molar-refractivity contribution >= 4 is 9.19 Å². The van der Waals surface area contributed by atoms with E-state index >= 15 is 0 Å². The van der Waals surface area contributed by atoms with Gasteiger partial charge < -0.3 is 5.73 Å². The third-order valence-electron chi connectivity index (χ3n) is 3.63. The van der Waals surface area contributed by atoms with Crippen LogP contribution in [-0.4, -0.2) is 0 Å². The van der Waals surface area contributed by atoms with E-state index in [9.17, 15) is 0 Å². The minimum absolute atomic E-state index is 1.08. The van der Waals surface area contributed by atoms with Crippen molar-refractivity contribution in [2.24, 2.45) is 5.73 Å². The van der Waals surface area contributed by atoms with Crippen molar-refractivity contribution in [3.63, 3.8) is 0 Å². The van der Waals surface area contributed by atoms with Crippen LogP contribution in [0.4, 0.5) is 0 Å². The predicted molar refractivity (Wildman–Crippen MR) is 93.8 cm³/mol. The Labute approximate surface area is 150 Å². The Morgan fingerprint density at radius 2 is 1.19 bits per heavy atom. The number of halogens is 1. The second kappa shape index (κ2) is 25.7. The Morgan fingerprint density at radius 1 is 0.762 bits per heavy atom. The first-order valence-electron chi connectivity index (χ1n) is 8.71. The molecule has 0 spiro atoms.